The fourth-order valence-corrected chi connectivity index (χ4v) is 9.05. The monoisotopic (exact) mass is 626 g/mol. The molecular weight excluding hydrogens is 569 g/mol. The molecule has 0 saturated heterocycles. The Kier molecular flexibility index (Phi) is 11.4. The van der Waals surface area contributed by atoms with E-state index in [2.05, 4.69) is 79.7 Å². The number of nitrogen functional groups attached to an aromatic ring is 2. The van der Waals surface area contributed by atoms with E-state index < -0.39 is 0 Å². The van der Waals surface area contributed by atoms with Gasteiger partial charge >= 0.3 is 0 Å². The second-order valence-corrected chi connectivity index (χ2v) is 15.0. The van der Waals surface area contributed by atoms with Gasteiger partial charge < -0.3 is 11.5 Å². The molecule has 0 bridgehead atoms. The molecule has 2 saturated carbocycles. The Hall–Kier alpha value is -3.52. The predicted molar refractivity (Wildman–Crippen MR) is 202 cm³/mol. The van der Waals surface area contributed by atoms with Crippen molar-refractivity contribution in [1.82, 2.24) is 0 Å². The first-order chi connectivity index (χ1) is 23.0. The summed E-state index contributed by atoms with van der Waals surface area (Å²) in [6.45, 7) is 2.32. The van der Waals surface area contributed by atoms with Gasteiger partial charge in [0.25, 0.3) is 0 Å². The molecule has 4 aromatic rings. The molecule has 4 aromatic carbocycles. The van der Waals surface area contributed by atoms with Crippen molar-refractivity contribution in [3.63, 3.8) is 0 Å². The number of hydrogen-bond donors (Lipinski definition) is 2. The third-order valence-electron chi connectivity index (χ3n) is 12.1. The van der Waals surface area contributed by atoms with Crippen molar-refractivity contribution in [1.29, 1.82) is 0 Å². The number of rotatable bonds is 13. The molecule has 0 unspecified atom stereocenters. The van der Waals surface area contributed by atoms with Crippen LogP contribution in [0.2, 0.25) is 0 Å². The minimum atomic E-state index is 0.0702. The molecule has 248 valence electrons. The number of unbranched alkanes of at least 4 members (excludes halogenated alkanes) is 4. The second-order valence-electron chi connectivity index (χ2n) is 15.0. The molecule has 0 heterocycles. The standard InChI is InChI=1S/C45H58N2/c1-2-3-4-5-6-11-34-16-22-37(23-17-34)38-28-30-45(31-29-38,41-24-18-35(19-25-41)32-39-12-7-9-14-43(39)46)42-26-20-36(21-27-42)33-40-13-8-10-15-44(40)47/h7-10,12-15,18-21,24-27,34,37-38H,2-6,11,16-17,22-23,28-33,46-47H2,1H3. The number of benzene rings is 4. The summed E-state index contributed by atoms with van der Waals surface area (Å²) < 4.78 is 0. The van der Waals surface area contributed by atoms with Crippen LogP contribution in [0.5, 0.6) is 0 Å². The summed E-state index contributed by atoms with van der Waals surface area (Å²) in [5.74, 6) is 2.81. The minimum absolute atomic E-state index is 0.0702. The molecule has 0 aromatic heterocycles. The van der Waals surface area contributed by atoms with E-state index in [-0.39, 0.29) is 5.41 Å². The van der Waals surface area contributed by atoms with Gasteiger partial charge in [0.15, 0.2) is 0 Å². The lowest BCUT2D eigenvalue weighted by Crippen LogP contribution is -2.36. The molecular formula is C45H58N2. The maximum Gasteiger partial charge on any atom is 0.0349 e. The molecule has 4 N–H and O–H groups in total. The van der Waals surface area contributed by atoms with Crippen molar-refractivity contribution in [2.45, 2.75) is 115 Å². The average molecular weight is 627 g/mol. The Morgan fingerprint density at radius 1 is 0.532 bits per heavy atom. The summed E-state index contributed by atoms with van der Waals surface area (Å²) in [5, 5.41) is 0. The first-order valence-electron chi connectivity index (χ1n) is 18.9. The molecule has 47 heavy (non-hydrogen) atoms. The van der Waals surface area contributed by atoms with E-state index in [1.807, 2.05) is 24.3 Å². The van der Waals surface area contributed by atoms with Gasteiger partial charge in [0.05, 0.1) is 0 Å². The summed E-state index contributed by atoms with van der Waals surface area (Å²) in [6, 6.07) is 35.7. The third kappa shape index (κ3) is 8.32. The van der Waals surface area contributed by atoms with Crippen molar-refractivity contribution in [3.8, 4) is 0 Å². The van der Waals surface area contributed by atoms with Crippen LogP contribution in [0.1, 0.15) is 130 Å². The van der Waals surface area contributed by atoms with Gasteiger partial charge in [-0.15, -0.1) is 0 Å². The fraction of sp³-hybridized carbons (Fsp3) is 0.467. The lowest BCUT2D eigenvalue weighted by atomic mass is 9.60. The molecule has 2 fully saturated rings. The zero-order valence-corrected chi connectivity index (χ0v) is 28.9. The summed E-state index contributed by atoms with van der Waals surface area (Å²) in [7, 11) is 0. The quantitative estimate of drug-likeness (QED) is 0.115. The molecule has 0 aliphatic heterocycles. The van der Waals surface area contributed by atoms with Crippen LogP contribution in [0.25, 0.3) is 0 Å². The molecule has 0 radical (unpaired) electrons. The van der Waals surface area contributed by atoms with Gasteiger partial charge in [-0.1, -0.05) is 143 Å². The van der Waals surface area contributed by atoms with Gasteiger partial charge in [0.1, 0.15) is 0 Å². The molecule has 6 rings (SSSR count). The Balaban J connectivity index is 1.15. The van der Waals surface area contributed by atoms with E-state index in [4.69, 9.17) is 11.5 Å². The first-order valence-corrected chi connectivity index (χ1v) is 18.9. The van der Waals surface area contributed by atoms with Crippen molar-refractivity contribution < 1.29 is 0 Å². The van der Waals surface area contributed by atoms with Crippen LogP contribution >= 0.6 is 0 Å². The van der Waals surface area contributed by atoms with Gasteiger partial charge in [0.2, 0.25) is 0 Å². The van der Waals surface area contributed by atoms with Crippen LogP contribution in [-0.2, 0) is 18.3 Å². The van der Waals surface area contributed by atoms with Crippen LogP contribution in [-0.4, -0.2) is 0 Å². The van der Waals surface area contributed by atoms with E-state index in [9.17, 15) is 0 Å². The lowest BCUT2D eigenvalue weighted by molar-refractivity contribution is 0.140. The van der Waals surface area contributed by atoms with Gasteiger partial charge in [-0.05, 0) is 115 Å². The Labute approximate surface area is 285 Å². The third-order valence-corrected chi connectivity index (χ3v) is 12.1. The molecule has 0 spiro atoms. The highest BCUT2D eigenvalue weighted by Crippen LogP contribution is 2.50. The molecule has 2 aliphatic rings. The Morgan fingerprint density at radius 3 is 1.49 bits per heavy atom. The SMILES string of the molecule is CCCCCCCC1CCC(C2CCC(c3ccc(Cc4ccccc4N)cc3)(c3ccc(Cc4ccccc4N)cc3)CC2)CC1. The first kappa shape index (κ1) is 33.4. The van der Waals surface area contributed by atoms with Crippen molar-refractivity contribution >= 4 is 11.4 Å². The second kappa shape index (κ2) is 16.1. The summed E-state index contributed by atoms with van der Waals surface area (Å²) >= 11 is 0. The molecule has 2 heteroatoms. The molecule has 2 aliphatic carbocycles. The highest BCUT2D eigenvalue weighted by Gasteiger charge is 2.40. The highest BCUT2D eigenvalue weighted by atomic mass is 14.6. The summed E-state index contributed by atoms with van der Waals surface area (Å²) in [5.41, 5.74) is 22.4. The largest absolute Gasteiger partial charge is 0.398 e. The van der Waals surface area contributed by atoms with E-state index in [1.165, 1.54) is 123 Å². The van der Waals surface area contributed by atoms with Crippen LogP contribution < -0.4 is 11.5 Å². The average Bonchev–Trinajstić information content (AvgIpc) is 3.11. The van der Waals surface area contributed by atoms with Crippen molar-refractivity contribution in [2.24, 2.45) is 17.8 Å². The maximum absolute atomic E-state index is 6.29. The van der Waals surface area contributed by atoms with Crippen LogP contribution in [0.4, 0.5) is 11.4 Å². The number of anilines is 2. The van der Waals surface area contributed by atoms with Gasteiger partial charge in [-0.25, -0.2) is 0 Å². The number of nitrogens with two attached hydrogens (primary N) is 2. The van der Waals surface area contributed by atoms with Crippen LogP contribution in [0, 0.1) is 17.8 Å². The zero-order chi connectivity index (χ0) is 32.5. The number of para-hydroxylation sites is 2. The Morgan fingerprint density at radius 2 is 1.00 bits per heavy atom. The molecule has 0 atom stereocenters. The molecule has 0 amide bonds. The molecule has 2 nitrogen and oxygen atoms in total. The van der Waals surface area contributed by atoms with Gasteiger partial charge in [-0.2, -0.15) is 0 Å². The normalized spacial score (nSPS) is 19.9. The lowest BCUT2D eigenvalue weighted by Gasteiger charge is -2.45. The van der Waals surface area contributed by atoms with Gasteiger partial charge in [-0.3, -0.25) is 0 Å². The van der Waals surface area contributed by atoms with E-state index in [0.29, 0.717) is 0 Å². The van der Waals surface area contributed by atoms with E-state index in [0.717, 1.165) is 42.0 Å². The summed E-state index contributed by atoms with van der Waals surface area (Å²) in [6.07, 6.45) is 21.4. The van der Waals surface area contributed by atoms with Crippen molar-refractivity contribution in [3.05, 3.63) is 130 Å². The maximum atomic E-state index is 6.29. The van der Waals surface area contributed by atoms with E-state index in [1.54, 1.807) is 0 Å². The van der Waals surface area contributed by atoms with Crippen molar-refractivity contribution in [2.75, 3.05) is 11.5 Å². The Bertz CT molecular complexity index is 1430. The highest BCUT2D eigenvalue weighted by molar-refractivity contribution is 5.51. The topological polar surface area (TPSA) is 52.0 Å². The van der Waals surface area contributed by atoms with E-state index >= 15 is 0 Å². The number of hydrogen-bond acceptors (Lipinski definition) is 2. The predicted octanol–water partition coefficient (Wildman–Crippen LogP) is 11.7. The fourth-order valence-electron chi connectivity index (χ4n) is 9.05. The zero-order valence-electron chi connectivity index (χ0n) is 28.9. The smallest absolute Gasteiger partial charge is 0.0349 e. The van der Waals surface area contributed by atoms with Gasteiger partial charge in [0, 0.05) is 16.8 Å². The van der Waals surface area contributed by atoms with Crippen LogP contribution in [0.3, 0.4) is 0 Å². The van der Waals surface area contributed by atoms with Crippen LogP contribution in [0.15, 0.2) is 97.1 Å². The summed E-state index contributed by atoms with van der Waals surface area (Å²) in [4.78, 5) is 0. The minimum Gasteiger partial charge on any atom is -0.398 e.